The largest absolute Gasteiger partial charge is 0.444 e. The number of alkyl carbamates (subject to hydrolysis) is 1. The van der Waals surface area contributed by atoms with Gasteiger partial charge >= 0.3 is 6.09 Å². The van der Waals surface area contributed by atoms with Crippen LogP contribution in [0.1, 0.15) is 47.1 Å². The standard InChI is InChI=1S/C18H25FN2O4S/c1-16(2,3)25-15(22)20-14-17(4,5)26(23,24)11-18(6,21-14)12-9-7-8-10-13(12)19/h7-10H,11H2,1-6H3,(H,20,21,22)/t18-/m0/s1. The third kappa shape index (κ3) is 3.90. The monoisotopic (exact) mass is 384 g/mol. The van der Waals surface area contributed by atoms with E-state index < -0.39 is 37.6 Å². The molecule has 0 aliphatic carbocycles. The number of nitrogens with one attached hydrogen (secondary N) is 1. The highest BCUT2D eigenvalue weighted by atomic mass is 32.2. The van der Waals surface area contributed by atoms with E-state index in [2.05, 4.69) is 10.3 Å². The van der Waals surface area contributed by atoms with Gasteiger partial charge in [-0.2, -0.15) is 0 Å². The molecule has 0 unspecified atom stereocenters. The van der Waals surface area contributed by atoms with Crippen molar-refractivity contribution in [3.05, 3.63) is 35.6 Å². The molecular weight excluding hydrogens is 359 g/mol. The number of hydrogen-bond donors (Lipinski definition) is 1. The number of hydrogen-bond acceptors (Lipinski definition) is 5. The van der Waals surface area contributed by atoms with Gasteiger partial charge in [0.2, 0.25) is 0 Å². The van der Waals surface area contributed by atoms with Gasteiger partial charge in [-0.1, -0.05) is 18.2 Å². The number of sulfone groups is 1. The van der Waals surface area contributed by atoms with Crippen molar-refractivity contribution in [1.29, 1.82) is 0 Å². The molecule has 1 heterocycles. The Labute approximate surface area is 153 Å². The lowest BCUT2D eigenvalue weighted by molar-refractivity contribution is 0.0560. The average molecular weight is 384 g/mol. The molecule has 26 heavy (non-hydrogen) atoms. The van der Waals surface area contributed by atoms with Crippen molar-refractivity contribution in [3.63, 3.8) is 0 Å². The second kappa shape index (κ2) is 6.33. The first-order valence-electron chi connectivity index (χ1n) is 8.26. The van der Waals surface area contributed by atoms with E-state index in [0.717, 1.165) is 0 Å². The molecule has 144 valence electrons. The Kier molecular flexibility index (Phi) is 4.96. The molecule has 1 amide bonds. The number of halogens is 1. The van der Waals surface area contributed by atoms with Crippen molar-refractivity contribution in [2.24, 2.45) is 4.99 Å². The SMILES string of the molecule is CC(C)(C)OC(=O)NC1=N[C@](C)(c2ccccc2F)CS(=O)(=O)C1(C)C. The summed E-state index contributed by atoms with van der Waals surface area (Å²) in [5.41, 5.74) is -1.95. The predicted molar refractivity (Wildman–Crippen MR) is 98.4 cm³/mol. The number of rotatable bonds is 1. The molecule has 0 bridgehead atoms. The van der Waals surface area contributed by atoms with Gasteiger partial charge in [0, 0.05) is 5.56 Å². The fraction of sp³-hybridized carbons (Fsp3) is 0.556. The molecule has 2 rings (SSSR count). The van der Waals surface area contributed by atoms with Gasteiger partial charge in [-0.25, -0.2) is 17.6 Å². The van der Waals surface area contributed by atoms with Crippen LogP contribution in [0.3, 0.4) is 0 Å². The van der Waals surface area contributed by atoms with E-state index in [9.17, 15) is 17.6 Å². The Morgan fingerprint density at radius 2 is 1.81 bits per heavy atom. The lowest BCUT2D eigenvalue weighted by Crippen LogP contribution is -2.58. The van der Waals surface area contributed by atoms with Crippen molar-refractivity contribution < 1.29 is 22.3 Å². The van der Waals surface area contributed by atoms with Crippen LogP contribution in [-0.2, 0) is 20.1 Å². The van der Waals surface area contributed by atoms with E-state index in [1.165, 1.54) is 39.0 Å². The van der Waals surface area contributed by atoms with Gasteiger partial charge in [-0.05, 0) is 47.6 Å². The van der Waals surface area contributed by atoms with E-state index in [1.807, 2.05) is 0 Å². The third-order valence-electron chi connectivity index (χ3n) is 4.25. The van der Waals surface area contributed by atoms with Crippen LogP contribution in [0.5, 0.6) is 0 Å². The summed E-state index contributed by atoms with van der Waals surface area (Å²) >= 11 is 0. The second-order valence-electron chi connectivity index (χ2n) is 8.11. The minimum Gasteiger partial charge on any atom is -0.444 e. The van der Waals surface area contributed by atoms with E-state index in [4.69, 9.17) is 4.74 Å². The van der Waals surface area contributed by atoms with Crippen LogP contribution in [0.2, 0.25) is 0 Å². The van der Waals surface area contributed by atoms with Crippen LogP contribution < -0.4 is 5.32 Å². The highest BCUT2D eigenvalue weighted by molar-refractivity contribution is 7.93. The molecule has 6 nitrogen and oxygen atoms in total. The van der Waals surface area contributed by atoms with E-state index >= 15 is 0 Å². The molecule has 0 aromatic heterocycles. The molecule has 1 aliphatic heterocycles. The maximum atomic E-state index is 14.3. The molecule has 1 aliphatic rings. The summed E-state index contributed by atoms with van der Waals surface area (Å²) in [7, 11) is -3.74. The Hall–Kier alpha value is -1.96. The highest BCUT2D eigenvalue weighted by Gasteiger charge is 2.51. The van der Waals surface area contributed by atoms with Gasteiger partial charge in [-0.3, -0.25) is 10.3 Å². The highest BCUT2D eigenvalue weighted by Crippen LogP contribution is 2.38. The zero-order chi connectivity index (χ0) is 20.0. The number of nitrogens with zero attached hydrogens (tertiary/aromatic N) is 1. The van der Waals surface area contributed by atoms with Crippen LogP contribution in [0.25, 0.3) is 0 Å². The summed E-state index contributed by atoms with van der Waals surface area (Å²) in [6.45, 7) is 9.54. The Morgan fingerprint density at radius 1 is 1.23 bits per heavy atom. The molecule has 1 atom stereocenters. The summed E-state index contributed by atoms with van der Waals surface area (Å²) in [6.07, 6.45) is -0.808. The van der Waals surface area contributed by atoms with Crippen molar-refractivity contribution in [2.45, 2.75) is 57.4 Å². The summed E-state index contributed by atoms with van der Waals surface area (Å²) in [6, 6.07) is 5.89. The summed E-state index contributed by atoms with van der Waals surface area (Å²) in [4.78, 5) is 16.6. The number of carbonyl (C=O) groups is 1. The van der Waals surface area contributed by atoms with Crippen molar-refractivity contribution >= 4 is 21.8 Å². The zero-order valence-corrected chi connectivity index (χ0v) is 16.7. The van der Waals surface area contributed by atoms with Gasteiger partial charge in [0.25, 0.3) is 0 Å². The number of ether oxygens (including phenoxy) is 1. The first-order valence-corrected chi connectivity index (χ1v) is 9.91. The minimum atomic E-state index is -3.74. The van der Waals surface area contributed by atoms with Crippen molar-refractivity contribution in [2.75, 3.05) is 5.75 Å². The predicted octanol–water partition coefficient (Wildman–Crippen LogP) is 3.17. The van der Waals surface area contributed by atoms with Crippen molar-refractivity contribution in [1.82, 2.24) is 5.32 Å². The normalized spacial score (nSPS) is 24.5. The molecule has 0 radical (unpaired) electrons. The Balaban J connectivity index is 2.54. The van der Waals surface area contributed by atoms with Gasteiger partial charge in [-0.15, -0.1) is 0 Å². The van der Waals surface area contributed by atoms with E-state index in [-0.39, 0.29) is 17.2 Å². The van der Waals surface area contributed by atoms with Gasteiger partial charge in [0.05, 0.1) is 5.75 Å². The summed E-state index contributed by atoms with van der Waals surface area (Å²) < 4.78 is 43.8. The van der Waals surface area contributed by atoms with Gasteiger partial charge < -0.3 is 4.74 Å². The van der Waals surface area contributed by atoms with Crippen LogP contribution in [0.15, 0.2) is 29.3 Å². The second-order valence-corrected chi connectivity index (χ2v) is 10.6. The smallest absolute Gasteiger partial charge is 0.413 e. The van der Waals surface area contributed by atoms with Crippen LogP contribution >= 0.6 is 0 Å². The lowest BCUT2D eigenvalue weighted by atomic mass is 9.93. The number of aliphatic imine (C=N–C) groups is 1. The topological polar surface area (TPSA) is 84.8 Å². The number of amidine groups is 1. The fourth-order valence-electron chi connectivity index (χ4n) is 2.73. The molecule has 0 saturated heterocycles. The number of amides is 1. The van der Waals surface area contributed by atoms with Crippen molar-refractivity contribution in [3.8, 4) is 0 Å². The Morgan fingerprint density at radius 3 is 2.35 bits per heavy atom. The number of carbonyl (C=O) groups excluding carboxylic acids is 1. The fourth-order valence-corrected chi connectivity index (χ4v) is 4.44. The lowest BCUT2D eigenvalue weighted by Gasteiger charge is -2.39. The summed E-state index contributed by atoms with van der Waals surface area (Å²) in [5.74, 6) is -0.984. The first-order chi connectivity index (χ1) is 11.7. The minimum absolute atomic E-state index is 0.0660. The zero-order valence-electron chi connectivity index (χ0n) is 15.9. The molecule has 0 spiro atoms. The van der Waals surface area contributed by atoms with Crippen LogP contribution in [0, 0.1) is 5.82 Å². The Bertz CT molecular complexity index is 856. The van der Waals surface area contributed by atoms with Crippen LogP contribution in [0.4, 0.5) is 9.18 Å². The first kappa shape index (κ1) is 20.4. The molecule has 0 saturated carbocycles. The number of benzene rings is 1. The molecular formula is C18H25FN2O4S. The van der Waals surface area contributed by atoms with E-state index in [0.29, 0.717) is 0 Å². The molecule has 8 heteroatoms. The molecule has 1 N–H and O–H groups in total. The quantitative estimate of drug-likeness (QED) is 0.806. The third-order valence-corrected chi connectivity index (χ3v) is 6.94. The van der Waals surface area contributed by atoms with E-state index in [1.54, 1.807) is 26.8 Å². The maximum Gasteiger partial charge on any atom is 0.413 e. The maximum absolute atomic E-state index is 14.3. The molecule has 0 fully saturated rings. The molecule has 1 aromatic carbocycles. The van der Waals surface area contributed by atoms with Gasteiger partial charge in [0.1, 0.15) is 27.5 Å². The summed E-state index contributed by atoms with van der Waals surface area (Å²) in [5, 5.41) is 2.45. The molecule has 1 aromatic rings. The van der Waals surface area contributed by atoms with Crippen LogP contribution in [-0.4, -0.2) is 36.4 Å². The van der Waals surface area contributed by atoms with Gasteiger partial charge in [0.15, 0.2) is 9.84 Å². The average Bonchev–Trinajstić information content (AvgIpc) is 2.42.